The van der Waals surface area contributed by atoms with E-state index in [-0.39, 0.29) is 43.6 Å². The van der Waals surface area contributed by atoms with Crippen molar-refractivity contribution in [2.45, 2.75) is 147 Å². The number of anilines is 1. The summed E-state index contributed by atoms with van der Waals surface area (Å²) in [4.78, 5) is 18.8. The second-order valence-corrected chi connectivity index (χ2v) is 16.5. The van der Waals surface area contributed by atoms with Gasteiger partial charge < -0.3 is 35.1 Å². The van der Waals surface area contributed by atoms with Crippen molar-refractivity contribution in [2.75, 3.05) is 38.8 Å². The summed E-state index contributed by atoms with van der Waals surface area (Å²) in [5.74, 6) is 0.188. The number of hydrogen-bond acceptors (Lipinski definition) is 13. The fourth-order valence-corrected chi connectivity index (χ4v) is 7.76. The SMILES string of the molecule is CCCCCCCCCCCCCCCCCCOC[C@H](COP(=O)(O)OC[C@@]1(C)OC[C@@](O)(c2ccc3c(N)ncnn23)[C@@H]1O)OCc1cccc(C#N)n1. The monoisotopic (exact) mass is 802 g/mol. The van der Waals surface area contributed by atoms with E-state index in [0.29, 0.717) is 17.8 Å². The number of rotatable bonds is 29. The number of nitrogens with two attached hydrogens (primary N) is 1. The van der Waals surface area contributed by atoms with Gasteiger partial charge in [0.1, 0.15) is 41.4 Å². The molecule has 16 heteroatoms. The van der Waals surface area contributed by atoms with Crippen molar-refractivity contribution in [2.24, 2.45) is 0 Å². The molecular formula is C40H63N6O9P. The number of nitriles is 1. The number of nitrogens with zero attached hydrogens (tertiary/aromatic N) is 5. The number of hydrogen-bond donors (Lipinski definition) is 4. The van der Waals surface area contributed by atoms with Gasteiger partial charge in [0.15, 0.2) is 11.4 Å². The molecule has 15 nitrogen and oxygen atoms in total. The summed E-state index contributed by atoms with van der Waals surface area (Å²) < 4.78 is 42.6. The molecule has 3 aromatic rings. The Balaban J connectivity index is 1.17. The van der Waals surface area contributed by atoms with E-state index in [0.717, 1.165) is 19.3 Å². The highest BCUT2D eigenvalue weighted by molar-refractivity contribution is 7.47. The maximum absolute atomic E-state index is 13.1. The van der Waals surface area contributed by atoms with E-state index in [4.69, 9.17) is 29.0 Å². The Morgan fingerprint density at radius 2 is 1.62 bits per heavy atom. The topological polar surface area (TPSA) is 217 Å². The minimum absolute atomic E-state index is 0.0181. The predicted octanol–water partition coefficient (Wildman–Crippen LogP) is 6.91. The van der Waals surface area contributed by atoms with Crippen LogP contribution in [-0.4, -0.2) is 85.5 Å². The summed E-state index contributed by atoms with van der Waals surface area (Å²) in [5, 5.41) is 36.1. The van der Waals surface area contributed by atoms with Gasteiger partial charge in [-0.2, -0.15) is 10.4 Å². The van der Waals surface area contributed by atoms with Gasteiger partial charge in [0.25, 0.3) is 0 Å². The molecule has 0 aromatic carbocycles. The average Bonchev–Trinajstić information content (AvgIpc) is 3.74. The minimum atomic E-state index is -4.71. The lowest BCUT2D eigenvalue weighted by atomic mass is 9.86. The molecule has 312 valence electrons. The van der Waals surface area contributed by atoms with Crippen molar-refractivity contribution in [3.05, 3.63) is 53.7 Å². The van der Waals surface area contributed by atoms with Crippen molar-refractivity contribution in [1.82, 2.24) is 19.6 Å². The Morgan fingerprint density at radius 1 is 0.982 bits per heavy atom. The summed E-state index contributed by atoms with van der Waals surface area (Å²) in [5.41, 5.74) is 3.77. The molecule has 1 saturated heterocycles. The first-order valence-electron chi connectivity index (χ1n) is 20.3. The van der Waals surface area contributed by atoms with Gasteiger partial charge in [-0.1, -0.05) is 109 Å². The molecule has 1 fully saturated rings. The number of pyridine rings is 1. The molecule has 4 heterocycles. The van der Waals surface area contributed by atoms with Gasteiger partial charge in [-0.25, -0.2) is 19.0 Å². The molecule has 5 N–H and O–H groups in total. The normalized spacial score (nSPS) is 21.3. The third-order valence-corrected chi connectivity index (χ3v) is 11.3. The van der Waals surface area contributed by atoms with Crippen molar-refractivity contribution < 1.29 is 42.9 Å². The van der Waals surface area contributed by atoms with Gasteiger partial charge in [-0.15, -0.1) is 0 Å². The lowest BCUT2D eigenvalue weighted by molar-refractivity contribution is -0.101. The number of aliphatic hydroxyl groups is 2. The molecule has 0 spiro atoms. The second kappa shape index (κ2) is 23.4. The Labute approximate surface area is 331 Å². The highest BCUT2D eigenvalue weighted by Gasteiger charge is 2.58. The van der Waals surface area contributed by atoms with E-state index in [9.17, 15) is 24.9 Å². The quantitative estimate of drug-likeness (QED) is 0.0414. The Kier molecular flexibility index (Phi) is 19.1. The van der Waals surface area contributed by atoms with Crippen LogP contribution in [0.1, 0.15) is 134 Å². The Morgan fingerprint density at radius 3 is 2.27 bits per heavy atom. The van der Waals surface area contributed by atoms with Crippen molar-refractivity contribution in [3.63, 3.8) is 0 Å². The second-order valence-electron chi connectivity index (χ2n) is 15.1. The first-order valence-corrected chi connectivity index (χ1v) is 21.8. The Hall–Kier alpha value is -3.03. The third kappa shape index (κ3) is 14.1. The first kappa shape index (κ1) is 45.7. The molecule has 1 unspecified atom stereocenters. The zero-order valence-electron chi connectivity index (χ0n) is 33.2. The third-order valence-electron chi connectivity index (χ3n) is 10.4. The van der Waals surface area contributed by atoms with Crippen LogP contribution in [0, 0.1) is 11.3 Å². The zero-order chi connectivity index (χ0) is 40.3. The van der Waals surface area contributed by atoms with Crippen LogP contribution in [-0.2, 0) is 40.0 Å². The van der Waals surface area contributed by atoms with Crippen LogP contribution >= 0.6 is 7.82 Å². The van der Waals surface area contributed by atoms with Crippen molar-refractivity contribution >= 4 is 19.2 Å². The van der Waals surface area contributed by atoms with Crippen LogP contribution in [0.25, 0.3) is 5.52 Å². The van der Waals surface area contributed by atoms with Crippen LogP contribution < -0.4 is 5.73 Å². The number of nitrogen functional groups attached to an aromatic ring is 1. The van der Waals surface area contributed by atoms with Crippen molar-refractivity contribution in [3.8, 4) is 6.07 Å². The van der Waals surface area contributed by atoms with Crippen molar-refractivity contribution in [1.29, 1.82) is 5.26 Å². The number of ether oxygens (including phenoxy) is 3. The fourth-order valence-electron chi connectivity index (χ4n) is 6.91. The summed E-state index contributed by atoms with van der Waals surface area (Å²) in [7, 11) is -4.71. The molecule has 4 rings (SSSR count). The fraction of sp³-hybridized carbons (Fsp3) is 0.700. The molecule has 3 aromatic heterocycles. The minimum Gasteiger partial charge on any atom is -0.386 e. The average molecular weight is 803 g/mol. The van der Waals surface area contributed by atoms with E-state index < -0.39 is 37.8 Å². The van der Waals surface area contributed by atoms with Crippen LogP contribution in [0.4, 0.5) is 5.82 Å². The van der Waals surface area contributed by atoms with E-state index in [1.54, 1.807) is 30.3 Å². The van der Waals surface area contributed by atoms with E-state index in [2.05, 4.69) is 22.0 Å². The largest absolute Gasteiger partial charge is 0.472 e. The maximum Gasteiger partial charge on any atom is 0.472 e. The molecule has 0 bridgehead atoms. The maximum atomic E-state index is 13.1. The smallest absolute Gasteiger partial charge is 0.386 e. The molecule has 0 aliphatic carbocycles. The van der Waals surface area contributed by atoms with Crippen LogP contribution in [0.5, 0.6) is 0 Å². The number of fused-ring (bicyclic) bond motifs is 1. The molecule has 5 atom stereocenters. The number of phosphoric ester groups is 1. The van der Waals surface area contributed by atoms with Crippen LogP contribution in [0.3, 0.4) is 0 Å². The molecule has 1 aliphatic rings. The lowest BCUT2D eigenvalue weighted by Gasteiger charge is -2.32. The molecule has 0 saturated carbocycles. The van der Waals surface area contributed by atoms with E-state index >= 15 is 0 Å². The summed E-state index contributed by atoms with van der Waals surface area (Å²) in [6, 6.07) is 10.1. The molecule has 0 radical (unpaired) electrons. The van der Waals surface area contributed by atoms with E-state index in [1.165, 1.54) is 101 Å². The number of aliphatic hydroxyl groups excluding tert-OH is 1. The van der Waals surface area contributed by atoms with Gasteiger partial charge in [-0.05, 0) is 37.6 Å². The van der Waals surface area contributed by atoms with Gasteiger partial charge in [0, 0.05) is 6.61 Å². The highest BCUT2D eigenvalue weighted by atomic mass is 31.2. The number of unbranched alkanes of at least 4 members (excludes halogenated alkanes) is 15. The summed E-state index contributed by atoms with van der Waals surface area (Å²) in [6.07, 6.45) is 19.3. The predicted molar refractivity (Wildman–Crippen MR) is 211 cm³/mol. The van der Waals surface area contributed by atoms with Crippen LogP contribution in [0.15, 0.2) is 36.7 Å². The van der Waals surface area contributed by atoms with Gasteiger partial charge >= 0.3 is 7.82 Å². The van der Waals surface area contributed by atoms with Gasteiger partial charge in [0.2, 0.25) is 0 Å². The summed E-state index contributed by atoms with van der Waals surface area (Å²) >= 11 is 0. The van der Waals surface area contributed by atoms with E-state index in [1.807, 2.05) is 6.07 Å². The first-order chi connectivity index (χ1) is 27.0. The van der Waals surface area contributed by atoms with Crippen LogP contribution in [0.2, 0.25) is 0 Å². The number of phosphoric acid groups is 1. The number of aromatic nitrogens is 4. The zero-order valence-corrected chi connectivity index (χ0v) is 34.1. The molecular weight excluding hydrogens is 739 g/mol. The molecule has 1 aliphatic heterocycles. The van der Waals surface area contributed by atoms with Gasteiger partial charge in [0.05, 0.1) is 44.4 Å². The molecule has 0 amide bonds. The summed E-state index contributed by atoms with van der Waals surface area (Å²) in [6.45, 7) is 3.02. The Bertz CT molecular complexity index is 1690. The lowest BCUT2D eigenvalue weighted by Crippen LogP contribution is -2.49. The van der Waals surface area contributed by atoms with Gasteiger partial charge in [-0.3, -0.25) is 9.05 Å². The standard InChI is InChI=1S/C40H63N6O9P/c1-3-4-5-6-7-8-9-10-11-12-13-14-15-16-17-18-24-51-27-34(52-26-33-21-19-20-32(25-41)45-33)28-54-56(49,50)55-29-39(2)38(47)40(48,30-53-39)36-23-22-35-37(42)43-31-44-46(35)36/h19-23,31,34,38,47-48H,3-18,24,26-30H2,1-2H3,(H,49,50)(H2,42,43,44)/t34-,38-,39-,40-/m1/s1. The molecule has 56 heavy (non-hydrogen) atoms. The highest BCUT2D eigenvalue weighted by Crippen LogP contribution is 2.47.